The Balaban J connectivity index is 2.80. The normalized spacial score (nSPS) is 14.6. The van der Waals surface area contributed by atoms with Crippen LogP contribution in [0.2, 0.25) is 0 Å². The lowest BCUT2D eigenvalue weighted by molar-refractivity contribution is -0.149. The molecule has 0 aliphatic carbocycles. The summed E-state index contributed by atoms with van der Waals surface area (Å²) < 4.78 is 0. The van der Waals surface area contributed by atoms with Gasteiger partial charge in [-0.1, -0.05) is 26.7 Å². The lowest BCUT2D eigenvalue weighted by Crippen LogP contribution is -2.32. The molecule has 1 unspecified atom stereocenters. The van der Waals surface area contributed by atoms with Gasteiger partial charge >= 0.3 is 5.97 Å². The number of rotatable bonds is 7. The van der Waals surface area contributed by atoms with Crippen LogP contribution in [0.4, 0.5) is 0 Å². The second-order valence-corrected chi connectivity index (χ2v) is 5.13. The van der Waals surface area contributed by atoms with E-state index in [4.69, 9.17) is 0 Å². The number of unbranched alkanes of at least 4 members (excludes halogenated alkanes) is 1. The molecule has 1 rings (SSSR count). The predicted molar refractivity (Wildman–Crippen MR) is 67.9 cm³/mol. The van der Waals surface area contributed by atoms with Crippen molar-refractivity contribution in [3.8, 4) is 0 Å². The van der Waals surface area contributed by atoms with Crippen molar-refractivity contribution in [3.05, 3.63) is 22.4 Å². The first kappa shape index (κ1) is 13.2. The van der Waals surface area contributed by atoms with E-state index in [0.717, 1.165) is 24.8 Å². The van der Waals surface area contributed by atoms with Gasteiger partial charge in [-0.25, -0.2) is 0 Å². The summed E-state index contributed by atoms with van der Waals surface area (Å²) in [5.74, 6) is -0.644. The Labute approximate surface area is 101 Å². The number of hydrogen-bond donors (Lipinski definition) is 1. The van der Waals surface area contributed by atoms with E-state index >= 15 is 0 Å². The van der Waals surface area contributed by atoms with E-state index in [9.17, 15) is 9.90 Å². The average molecular weight is 240 g/mol. The van der Waals surface area contributed by atoms with Crippen LogP contribution in [0.3, 0.4) is 0 Å². The van der Waals surface area contributed by atoms with Crippen molar-refractivity contribution in [3.63, 3.8) is 0 Å². The molecule has 1 aromatic heterocycles. The standard InChI is InChI=1S/C13H20O2S/c1-3-5-7-13(4-2,12(14)15)9-11-6-8-16-10-11/h6,8,10H,3-5,7,9H2,1-2H3,(H,14,15). The molecule has 0 saturated carbocycles. The van der Waals surface area contributed by atoms with E-state index < -0.39 is 11.4 Å². The number of thiophene rings is 1. The molecule has 0 saturated heterocycles. The Morgan fingerprint density at radius 1 is 1.50 bits per heavy atom. The summed E-state index contributed by atoms with van der Waals surface area (Å²) in [6.07, 6.45) is 4.20. The maximum absolute atomic E-state index is 11.5. The minimum absolute atomic E-state index is 0.558. The molecule has 0 bridgehead atoms. The van der Waals surface area contributed by atoms with Gasteiger partial charge in [-0.15, -0.1) is 0 Å². The minimum Gasteiger partial charge on any atom is -0.481 e. The molecule has 16 heavy (non-hydrogen) atoms. The van der Waals surface area contributed by atoms with Gasteiger partial charge in [0.15, 0.2) is 0 Å². The molecule has 1 N–H and O–H groups in total. The van der Waals surface area contributed by atoms with Gasteiger partial charge in [-0.2, -0.15) is 11.3 Å². The Kier molecular flexibility index (Phi) is 5.00. The maximum Gasteiger partial charge on any atom is 0.309 e. The second-order valence-electron chi connectivity index (χ2n) is 4.35. The SMILES string of the molecule is CCCCC(CC)(Cc1ccsc1)C(=O)O. The lowest BCUT2D eigenvalue weighted by atomic mass is 9.76. The molecule has 90 valence electrons. The van der Waals surface area contributed by atoms with Crippen molar-refractivity contribution in [1.82, 2.24) is 0 Å². The fourth-order valence-electron chi connectivity index (χ4n) is 2.02. The highest BCUT2D eigenvalue weighted by atomic mass is 32.1. The van der Waals surface area contributed by atoms with Crippen LogP contribution in [-0.2, 0) is 11.2 Å². The largest absolute Gasteiger partial charge is 0.481 e. The van der Waals surface area contributed by atoms with Crippen LogP contribution in [0.15, 0.2) is 16.8 Å². The summed E-state index contributed by atoms with van der Waals surface area (Å²) in [7, 11) is 0. The highest BCUT2D eigenvalue weighted by Gasteiger charge is 2.36. The summed E-state index contributed by atoms with van der Waals surface area (Å²) >= 11 is 1.63. The van der Waals surface area contributed by atoms with Crippen LogP contribution in [0.1, 0.15) is 45.1 Å². The second kappa shape index (κ2) is 6.04. The molecule has 0 fully saturated rings. The maximum atomic E-state index is 11.5. The van der Waals surface area contributed by atoms with Crippen LogP contribution in [0, 0.1) is 5.41 Å². The molecule has 0 spiro atoms. The highest BCUT2D eigenvalue weighted by Crippen LogP contribution is 2.34. The van der Waals surface area contributed by atoms with E-state index in [1.807, 2.05) is 18.4 Å². The van der Waals surface area contributed by atoms with Crippen molar-refractivity contribution >= 4 is 17.3 Å². The van der Waals surface area contributed by atoms with Crippen molar-refractivity contribution in [2.45, 2.75) is 46.0 Å². The first-order valence-corrected chi connectivity index (χ1v) is 6.83. The van der Waals surface area contributed by atoms with Gasteiger partial charge in [0.2, 0.25) is 0 Å². The molecule has 2 nitrogen and oxygen atoms in total. The van der Waals surface area contributed by atoms with Crippen molar-refractivity contribution in [2.75, 3.05) is 0 Å². The zero-order valence-electron chi connectivity index (χ0n) is 10.0. The van der Waals surface area contributed by atoms with Gasteiger partial charge < -0.3 is 5.11 Å². The van der Waals surface area contributed by atoms with Crippen LogP contribution in [-0.4, -0.2) is 11.1 Å². The molecule has 0 radical (unpaired) electrons. The van der Waals surface area contributed by atoms with Crippen LogP contribution in [0.25, 0.3) is 0 Å². The van der Waals surface area contributed by atoms with Gasteiger partial charge in [-0.3, -0.25) is 4.79 Å². The Morgan fingerprint density at radius 2 is 2.25 bits per heavy atom. The molecule has 0 aromatic carbocycles. The summed E-state index contributed by atoms with van der Waals surface area (Å²) in [4.78, 5) is 11.5. The fourth-order valence-corrected chi connectivity index (χ4v) is 2.69. The van der Waals surface area contributed by atoms with E-state index in [1.165, 1.54) is 0 Å². The zero-order valence-corrected chi connectivity index (χ0v) is 10.8. The Bertz CT molecular complexity index is 319. The summed E-state index contributed by atoms with van der Waals surface area (Å²) in [5, 5.41) is 13.5. The molecule has 3 heteroatoms. The summed E-state index contributed by atoms with van der Waals surface area (Å²) in [5.41, 5.74) is 0.599. The van der Waals surface area contributed by atoms with Crippen molar-refractivity contribution in [1.29, 1.82) is 0 Å². The summed E-state index contributed by atoms with van der Waals surface area (Å²) in [6.45, 7) is 4.09. The Morgan fingerprint density at radius 3 is 2.69 bits per heavy atom. The van der Waals surface area contributed by atoms with E-state index in [-0.39, 0.29) is 0 Å². The van der Waals surface area contributed by atoms with Gasteiger partial charge in [0.25, 0.3) is 0 Å². The fraction of sp³-hybridized carbons (Fsp3) is 0.615. The van der Waals surface area contributed by atoms with Gasteiger partial charge in [-0.05, 0) is 41.7 Å². The third kappa shape index (κ3) is 3.08. The number of carbonyl (C=O) groups is 1. The first-order valence-electron chi connectivity index (χ1n) is 5.89. The predicted octanol–water partition coefficient (Wildman–Crippen LogP) is 3.96. The number of hydrogen-bond acceptors (Lipinski definition) is 2. The van der Waals surface area contributed by atoms with Gasteiger partial charge in [0, 0.05) is 0 Å². The van der Waals surface area contributed by atoms with Crippen molar-refractivity contribution in [2.24, 2.45) is 5.41 Å². The van der Waals surface area contributed by atoms with Gasteiger partial charge in [0.1, 0.15) is 0 Å². The molecule has 1 atom stereocenters. The lowest BCUT2D eigenvalue weighted by Gasteiger charge is -2.27. The van der Waals surface area contributed by atoms with E-state index in [1.54, 1.807) is 11.3 Å². The first-order chi connectivity index (χ1) is 7.64. The third-order valence-electron chi connectivity index (χ3n) is 3.26. The Hall–Kier alpha value is -0.830. The molecular formula is C13H20O2S. The zero-order chi connectivity index (χ0) is 12.0. The average Bonchev–Trinajstić information content (AvgIpc) is 2.76. The van der Waals surface area contributed by atoms with Crippen LogP contribution < -0.4 is 0 Å². The van der Waals surface area contributed by atoms with Gasteiger partial charge in [0.05, 0.1) is 5.41 Å². The highest BCUT2D eigenvalue weighted by molar-refractivity contribution is 7.07. The molecular weight excluding hydrogens is 220 g/mol. The van der Waals surface area contributed by atoms with Crippen LogP contribution in [0.5, 0.6) is 0 Å². The van der Waals surface area contributed by atoms with Crippen molar-refractivity contribution < 1.29 is 9.90 Å². The smallest absolute Gasteiger partial charge is 0.309 e. The molecule has 0 aliphatic rings. The number of aliphatic carboxylic acids is 1. The topological polar surface area (TPSA) is 37.3 Å². The molecule has 1 heterocycles. The molecule has 0 amide bonds. The third-order valence-corrected chi connectivity index (χ3v) is 3.99. The number of carboxylic acid groups (broad SMARTS) is 1. The summed E-state index contributed by atoms with van der Waals surface area (Å²) in [6, 6.07) is 2.03. The monoisotopic (exact) mass is 240 g/mol. The van der Waals surface area contributed by atoms with E-state index in [2.05, 4.69) is 12.3 Å². The quantitative estimate of drug-likeness (QED) is 0.783. The molecule has 0 aliphatic heterocycles. The van der Waals surface area contributed by atoms with Crippen LogP contribution >= 0.6 is 11.3 Å². The van der Waals surface area contributed by atoms with E-state index in [0.29, 0.717) is 12.8 Å². The minimum atomic E-state index is -0.644. The number of carboxylic acids is 1. The molecule has 1 aromatic rings.